The van der Waals surface area contributed by atoms with Gasteiger partial charge in [-0.05, 0) is 24.6 Å². The van der Waals surface area contributed by atoms with Crippen molar-refractivity contribution in [1.29, 1.82) is 0 Å². The van der Waals surface area contributed by atoms with Gasteiger partial charge >= 0.3 is 0 Å². The van der Waals surface area contributed by atoms with Crippen LogP contribution in [0.5, 0.6) is 0 Å². The van der Waals surface area contributed by atoms with E-state index in [0.29, 0.717) is 16.5 Å². The van der Waals surface area contributed by atoms with Crippen molar-refractivity contribution < 1.29 is 4.79 Å². The summed E-state index contributed by atoms with van der Waals surface area (Å²) in [6, 6.07) is 9.50. The van der Waals surface area contributed by atoms with Gasteiger partial charge in [0.25, 0.3) is 5.91 Å². The lowest BCUT2D eigenvalue weighted by molar-refractivity contribution is 0.101. The molecule has 1 aromatic carbocycles. The number of nitrogens with zero attached hydrogens (tertiary/aromatic N) is 2. The van der Waals surface area contributed by atoms with Crippen LogP contribution in [-0.2, 0) is 6.54 Å². The zero-order valence-electron chi connectivity index (χ0n) is 11.7. The Labute approximate surface area is 126 Å². The van der Waals surface area contributed by atoms with Crippen molar-refractivity contribution in [3.8, 4) is 0 Å². The molecule has 6 heteroatoms. The molecule has 3 N–H and O–H groups in total. The second-order valence-corrected chi connectivity index (χ2v) is 5.82. The first-order valence-electron chi connectivity index (χ1n) is 6.80. The maximum absolute atomic E-state index is 12.4. The Morgan fingerprint density at radius 3 is 3.00 bits per heavy atom. The predicted molar refractivity (Wildman–Crippen MR) is 86.7 cm³/mol. The fourth-order valence-corrected chi connectivity index (χ4v) is 3.10. The zero-order chi connectivity index (χ0) is 14.8. The second kappa shape index (κ2) is 5.57. The topological polar surface area (TPSA) is 72.9 Å². The number of fused-ring (bicyclic) bond motifs is 1. The maximum Gasteiger partial charge on any atom is 0.274 e. The molecule has 2 heterocycles. The Balaban J connectivity index is 1.85. The molecule has 2 aromatic heterocycles. The molecule has 21 heavy (non-hydrogen) atoms. The summed E-state index contributed by atoms with van der Waals surface area (Å²) in [6.07, 6.45) is 2.73. The summed E-state index contributed by atoms with van der Waals surface area (Å²) in [6.45, 7) is 2.82. The number of hydrogen-bond donors (Lipinski definition) is 2. The standard InChI is InChI=1S/C15H16N4OS/c1-2-7-19-9-10(16)8-12(19)14(20)18-15-17-11-5-3-4-6-13(11)21-15/h3-6,8-9H,2,7,16H2,1H3,(H,17,18,20). The Kier molecular flexibility index (Phi) is 3.62. The van der Waals surface area contributed by atoms with Gasteiger partial charge in [0.1, 0.15) is 5.69 Å². The number of nitrogen functional groups attached to an aromatic ring is 1. The molecule has 0 radical (unpaired) electrons. The third-order valence-electron chi connectivity index (χ3n) is 3.13. The van der Waals surface area contributed by atoms with Crippen molar-refractivity contribution in [2.75, 3.05) is 11.1 Å². The van der Waals surface area contributed by atoms with E-state index >= 15 is 0 Å². The highest BCUT2D eigenvalue weighted by Crippen LogP contribution is 2.26. The van der Waals surface area contributed by atoms with Gasteiger partial charge in [-0.15, -0.1) is 0 Å². The van der Waals surface area contributed by atoms with E-state index in [2.05, 4.69) is 17.2 Å². The van der Waals surface area contributed by atoms with Crippen LogP contribution in [0.2, 0.25) is 0 Å². The number of amides is 1. The third kappa shape index (κ3) is 2.75. The lowest BCUT2D eigenvalue weighted by Gasteiger charge is -2.06. The maximum atomic E-state index is 12.4. The van der Waals surface area contributed by atoms with Gasteiger partial charge in [-0.2, -0.15) is 0 Å². The average Bonchev–Trinajstić information content (AvgIpc) is 3.02. The average molecular weight is 300 g/mol. The summed E-state index contributed by atoms with van der Waals surface area (Å²) >= 11 is 1.46. The number of para-hydroxylation sites is 1. The van der Waals surface area contributed by atoms with Crippen molar-refractivity contribution in [3.05, 3.63) is 42.2 Å². The summed E-state index contributed by atoms with van der Waals surface area (Å²) in [7, 11) is 0. The molecular formula is C15H16N4OS. The number of benzene rings is 1. The van der Waals surface area contributed by atoms with E-state index in [-0.39, 0.29) is 5.91 Å². The number of hydrogen-bond acceptors (Lipinski definition) is 4. The molecule has 0 fully saturated rings. The number of thiazole rings is 1. The van der Waals surface area contributed by atoms with E-state index in [4.69, 9.17) is 5.73 Å². The molecule has 0 aliphatic carbocycles. The van der Waals surface area contributed by atoms with Gasteiger partial charge in [0, 0.05) is 12.7 Å². The fraction of sp³-hybridized carbons (Fsp3) is 0.200. The van der Waals surface area contributed by atoms with Gasteiger partial charge in [-0.3, -0.25) is 10.1 Å². The monoisotopic (exact) mass is 300 g/mol. The summed E-state index contributed by atoms with van der Waals surface area (Å²) in [5.41, 5.74) is 7.84. The number of nitrogens with one attached hydrogen (secondary N) is 1. The highest BCUT2D eigenvalue weighted by atomic mass is 32.1. The van der Waals surface area contributed by atoms with Crippen LogP contribution in [0.3, 0.4) is 0 Å². The number of aryl methyl sites for hydroxylation is 1. The summed E-state index contributed by atoms with van der Waals surface area (Å²) < 4.78 is 2.93. The van der Waals surface area contributed by atoms with E-state index in [1.807, 2.05) is 28.8 Å². The molecule has 0 bridgehead atoms. The molecule has 3 rings (SSSR count). The molecule has 3 aromatic rings. The minimum atomic E-state index is -0.181. The zero-order valence-corrected chi connectivity index (χ0v) is 12.5. The molecule has 0 unspecified atom stereocenters. The normalized spacial score (nSPS) is 10.9. The number of rotatable bonds is 4. The molecular weight excluding hydrogens is 284 g/mol. The minimum Gasteiger partial charge on any atom is -0.397 e. The smallest absolute Gasteiger partial charge is 0.274 e. The molecule has 0 aliphatic rings. The van der Waals surface area contributed by atoms with Crippen LogP contribution >= 0.6 is 11.3 Å². The van der Waals surface area contributed by atoms with E-state index in [0.717, 1.165) is 23.2 Å². The molecule has 0 saturated heterocycles. The van der Waals surface area contributed by atoms with E-state index in [1.54, 1.807) is 12.3 Å². The number of aromatic nitrogens is 2. The first-order valence-corrected chi connectivity index (χ1v) is 7.61. The van der Waals surface area contributed by atoms with Gasteiger partial charge in [-0.25, -0.2) is 4.98 Å². The van der Waals surface area contributed by atoms with Gasteiger partial charge in [0.15, 0.2) is 5.13 Å². The number of carbonyl (C=O) groups is 1. The van der Waals surface area contributed by atoms with Gasteiger partial charge in [0.05, 0.1) is 15.9 Å². The molecule has 0 aliphatic heterocycles. The lowest BCUT2D eigenvalue weighted by atomic mass is 10.3. The van der Waals surface area contributed by atoms with Crippen molar-refractivity contribution in [2.45, 2.75) is 19.9 Å². The van der Waals surface area contributed by atoms with Crippen LogP contribution < -0.4 is 11.1 Å². The van der Waals surface area contributed by atoms with Crippen LogP contribution in [0.4, 0.5) is 10.8 Å². The molecule has 0 atom stereocenters. The van der Waals surface area contributed by atoms with E-state index in [9.17, 15) is 4.79 Å². The molecule has 108 valence electrons. The highest BCUT2D eigenvalue weighted by Gasteiger charge is 2.14. The SMILES string of the molecule is CCCn1cc(N)cc1C(=O)Nc1nc2ccccc2s1. The molecule has 0 spiro atoms. The largest absolute Gasteiger partial charge is 0.397 e. The Bertz CT molecular complexity index is 757. The molecule has 1 amide bonds. The van der Waals surface area contributed by atoms with Crippen molar-refractivity contribution in [3.63, 3.8) is 0 Å². The predicted octanol–water partition coefficient (Wildman–Crippen LogP) is 3.34. The van der Waals surface area contributed by atoms with Crippen LogP contribution in [0, 0.1) is 0 Å². The Hall–Kier alpha value is -2.34. The highest BCUT2D eigenvalue weighted by molar-refractivity contribution is 7.22. The summed E-state index contributed by atoms with van der Waals surface area (Å²) in [4.78, 5) is 16.8. The van der Waals surface area contributed by atoms with Crippen molar-refractivity contribution in [1.82, 2.24) is 9.55 Å². The van der Waals surface area contributed by atoms with Crippen molar-refractivity contribution >= 4 is 38.3 Å². The lowest BCUT2D eigenvalue weighted by Crippen LogP contribution is -2.16. The van der Waals surface area contributed by atoms with E-state index < -0.39 is 0 Å². The Morgan fingerprint density at radius 2 is 2.24 bits per heavy atom. The molecule has 5 nitrogen and oxygen atoms in total. The van der Waals surface area contributed by atoms with Crippen LogP contribution in [0.25, 0.3) is 10.2 Å². The fourth-order valence-electron chi connectivity index (χ4n) is 2.24. The summed E-state index contributed by atoms with van der Waals surface area (Å²) in [5, 5.41) is 3.45. The van der Waals surface area contributed by atoms with E-state index in [1.165, 1.54) is 11.3 Å². The second-order valence-electron chi connectivity index (χ2n) is 4.79. The first kappa shape index (κ1) is 13.6. The van der Waals surface area contributed by atoms with Crippen LogP contribution in [0.1, 0.15) is 23.8 Å². The first-order chi connectivity index (χ1) is 10.2. The van der Waals surface area contributed by atoms with Gasteiger partial charge < -0.3 is 10.3 Å². The van der Waals surface area contributed by atoms with Gasteiger partial charge in [-0.1, -0.05) is 30.4 Å². The summed E-state index contributed by atoms with van der Waals surface area (Å²) in [5.74, 6) is -0.181. The van der Waals surface area contributed by atoms with Crippen molar-refractivity contribution in [2.24, 2.45) is 0 Å². The van der Waals surface area contributed by atoms with Gasteiger partial charge in [0.2, 0.25) is 0 Å². The Morgan fingerprint density at radius 1 is 1.43 bits per heavy atom. The third-order valence-corrected chi connectivity index (χ3v) is 4.08. The molecule has 0 saturated carbocycles. The van der Waals surface area contributed by atoms with Crippen LogP contribution in [0.15, 0.2) is 36.5 Å². The quantitative estimate of drug-likeness (QED) is 0.776. The number of carbonyl (C=O) groups excluding carboxylic acids is 1. The number of anilines is 2. The van der Waals surface area contributed by atoms with Crippen LogP contribution in [-0.4, -0.2) is 15.5 Å². The number of nitrogens with two attached hydrogens (primary N) is 1. The minimum absolute atomic E-state index is 0.181.